The molecule has 1 N–H and O–H groups in total. The van der Waals surface area contributed by atoms with E-state index in [1.165, 1.54) is 31.6 Å². The number of sulfonamides is 1. The summed E-state index contributed by atoms with van der Waals surface area (Å²) in [6.07, 6.45) is 0. The Morgan fingerprint density at radius 1 is 1.40 bits per heavy atom. The molecule has 20 heavy (non-hydrogen) atoms. The van der Waals surface area contributed by atoms with Gasteiger partial charge in [-0.25, -0.2) is 17.1 Å². The highest BCUT2D eigenvalue weighted by Crippen LogP contribution is 2.22. The largest absolute Gasteiger partial charge is 0.494 e. The molecule has 0 saturated heterocycles. The van der Waals surface area contributed by atoms with E-state index in [9.17, 15) is 12.8 Å². The van der Waals surface area contributed by atoms with Gasteiger partial charge in [-0.05, 0) is 24.6 Å². The number of hydrogen-bond donors (Lipinski definition) is 1. The van der Waals surface area contributed by atoms with Crippen LogP contribution in [0.15, 0.2) is 18.2 Å². The lowest BCUT2D eigenvalue weighted by Crippen LogP contribution is -2.32. The summed E-state index contributed by atoms with van der Waals surface area (Å²) in [5.41, 5.74) is 0.838. The third-order valence-electron chi connectivity index (χ3n) is 3.04. The highest BCUT2D eigenvalue weighted by molar-refractivity contribution is 7.89. The van der Waals surface area contributed by atoms with E-state index in [1.54, 1.807) is 12.1 Å². The summed E-state index contributed by atoms with van der Waals surface area (Å²) in [5, 5.41) is 3.10. The van der Waals surface area contributed by atoms with Gasteiger partial charge >= 0.3 is 0 Å². The fourth-order valence-corrected chi connectivity index (χ4v) is 2.39. The minimum absolute atomic E-state index is 0.0165. The number of nitrogens with one attached hydrogen (secondary N) is 1. The first-order chi connectivity index (χ1) is 9.27. The van der Waals surface area contributed by atoms with Crippen molar-refractivity contribution < 1.29 is 17.5 Å². The monoisotopic (exact) mass is 304 g/mol. The van der Waals surface area contributed by atoms with Crippen molar-refractivity contribution in [3.8, 4) is 5.75 Å². The molecule has 1 aromatic carbocycles. The fourth-order valence-electron chi connectivity index (χ4n) is 1.65. The van der Waals surface area contributed by atoms with Crippen LogP contribution in [0, 0.1) is 5.82 Å². The lowest BCUT2D eigenvalue weighted by atomic mass is 10.1. The van der Waals surface area contributed by atoms with Crippen LogP contribution in [-0.4, -0.2) is 46.2 Å². The molecule has 0 aliphatic carbocycles. The normalized spacial score (nSPS) is 13.5. The molecule has 0 fully saturated rings. The number of nitrogens with zero attached hydrogens (tertiary/aromatic N) is 1. The molecule has 1 unspecified atom stereocenters. The van der Waals surface area contributed by atoms with Gasteiger partial charge in [-0.15, -0.1) is 0 Å². The maximum atomic E-state index is 13.3. The van der Waals surface area contributed by atoms with Crippen LogP contribution >= 0.6 is 0 Å². The molecule has 1 atom stereocenters. The van der Waals surface area contributed by atoms with E-state index < -0.39 is 15.8 Å². The molecule has 0 amide bonds. The van der Waals surface area contributed by atoms with Crippen LogP contribution in [0.2, 0.25) is 0 Å². The molecule has 0 radical (unpaired) electrons. The van der Waals surface area contributed by atoms with Gasteiger partial charge in [-0.2, -0.15) is 0 Å². The predicted molar refractivity (Wildman–Crippen MR) is 76.8 cm³/mol. The summed E-state index contributed by atoms with van der Waals surface area (Å²) in [6.45, 7) is 2.20. The zero-order valence-corrected chi connectivity index (χ0v) is 13.0. The van der Waals surface area contributed by atoms with E-state index in [0.29, 0.717) is 6.54 Å². The van der Waals surface area contributed by atoms with Gasteiger partial charge in [-0.3, -0.25) is 0 Å². The highest BCUT2D eigenvalue weighted by atomic mass is 32.2. The average Bonchev–Trinajstić information content (AvgIpc) is 2.38. The van der Waals surface area contributed by atoms with Crippen molar-refractivity contribution in [2.24, 2.45) is 0 Å². The van der Waals surface area contributed by atoms with Crippen LogP contribution in [0.25, 0.3) is 0 Å². The molecule has 0 spiro atoms. The lowest BCUT2D eigenvalue weighted by molar-refractivity contribution is 0.385. The molecular weight excluding hydrogens is 283 g/mol. The molecular formula is C13H21FN2O3S. The number of rotatable bonds is 7. The first-order valence-electron chi connectivity index (χ1n) is 6.25. The Bertz CT molecular complexity index is 547. The summed E-state index contributed by atoms with van der Waals surface area (Å²) < 4.78 is 42.6. The van der Waals surface area contributed by atoms with Crippen molar-refractivity contribution >= 4 is 10.0 Å². The van der Waals surface area contributed by atoms with Gasteiger partial charge in [0.1, 0.15) is 0 Å². The van der Waals surface area contributed by atoms with E-state index in [0.717, 1.165) is 5.56 Å². The zero-order valence-electron chi connectivity index (χ0n) is 12.2. The van der Waals surface area contributed by atoms with Crippen LogP contribution in [0.3, 0.4) is 0 Å². The first-order valence-corrected chi connectivity index (χ1v) is 7.86. The minimum atomic E-state index is -3.21. The average molecular weight is 304 g/mol. The van der Waals surface area contributed by atoms with Crippen LogP contribution in [0.4, 0.5) is 4.39 Å². The maximum absolute atomic E-state index is 13.3. The second-order valence-corrected chi connectivity index (χ2v) is 6.97. The van der Waals surface area contributed by atoms with E-state index in [1.807, 2.05) is 6.92 Å². The fraction of sp³-hybridized carbons (Fsp3) is 0.538. The van der Waals surface area contributed by atoms with Crippen molar-refractivity contribution in [1.29, 1.82) is 0 Å². The van der Waals surface area contributed by atoms with Gasteiger partial charge in [0.25, 0.3) is 0 Å². The second kappa shape index (κ2) is 7.01. The molecule has 0 aromatic heterocycles. The van der Waals surface area contributed by atoms with Gasteiger partial charge in [0.2, 0.25) is 10.0 Å². The van der Waals surface area contributed by atoms with E-state index >= 15 is 0 Å². The Morgan fingerprint density at radius 3 is 2.60 bits per heavy atom. The summed E-state index contributed by atoms with van der Waals surface area (Å²) in [5.74, 6) is -0.224. The van der Waals surface area contributed by atoms with Crippen LogP contribution < -0.4 is 10.1 Å². The third-order valence-corrected chi connectivity index (χ3v) is 4.87. The molecule has 0 aliphatic rings. The topological polar surface area (TPSA) is 58.6 Å². The van der Waals surface area contributed by atoms with Gasteiger partial charge in [-0.1, -0.05) is 6.07 Å². The smallest absolute Gasteiger partial charge is 0.214 e. The molecule has 5 nitrogen and oxygen atoms in total. The summed E-state index contributed by atoms with van der Waals surface area (Å²) in [6, 6.07) is 4.49. The molecule has 1 rings (SSSR count). The number of ether oxygens (including phenoxy) is 1. The lowest BCUT2D eigenvalue weighted by Gasteiger charge is -2.17. The molecule has 0 saturated carbocycles. The highest BCUT2D eigenvalue weighted by Gasteiger charge is 2.14. The van der Waals surface area contributed by atoms with Gasteiger partial charge in [0.15, 0.2) is 11.6 Å². The van der Waals surface area contributed by atoms with Crippen LogP contribution in [0.5, 0.6) is 5.75 Å². The number of halogens is 1. The van der Waals surface area contributed by atoms with Crippen molar-refractivity contribution in [1.82, 2.24) is 9.62 Å². The summed E-state index contributed by atoms with van der Waals surface area (Å²) in [4.78, 5) is 0. The number of benzene rings is 1. The van der Waals surface area contributed by atoms with Gasteiger partial charge < -0.3 is 10.1 Å². The van der Waals surface area contributed by atoms with E-state index in [4.69, 9.17) is 4.74 Å². The standard InChI is InChI=1S/C13H21FN2O3S/c1-10(15-7-8-20(17,18)16(2)3)11-5-6-12(14)13(9-11)19-4/h5-6,9-10,15H,7-8H2,1-4H3. The summed E-state index contributed by atoms with van der Waals surface area (Å²) in [7, 11) is 1.20. The van der Waals surface area contributed by atoms with Gasteiger partial charge in [0, 0.05) is 26.7 Å². The van der Waals surface area contributed by atoms with E-state index in [-0.39, 0.29) is 17.5 Å². The quantitative estimate of drug-likeness (QED) is 0.827. The Kier molecular flexibility index (Phi) is 5.91. The number of hydrogen-bond acceptors (Lipinski definition) is 4. The minimum Gasteiger partial charge on any atom is -0.494 e. The molecule has 0 aliphatic heterocycles. The second-order valence-electron chi connectivity index (χ2n) is 4.67. The molecule has 0 heterocycles. The van der Waals surface area contributed by atoms with Crippen molar-refractivity contribution in [3.05, 3.63) is 29.6 Å². The summed E-state index contributed by atoms with van der Waals surface area (Å²) >= 11 is 0. The number of methoxy groups -OCH3 is 1. The molecule has 0 bridgehead atoms. The van der Waals surface area contributed by atoms with Gasteiger partial charge in [0.05, 0.1) is 12.9 Å². The maximum Gasteiger partial charge on any atom is 0.214 e. The third kappa shape index (κ3) is 4.43. The zero-order chi connectivity index (χ0) is 15.3. The first kappa shape index (κ1) is 16.9. The SMILES string of the molecule is COc1cc(C(C)NCCS(=O)(=O)N(C)C)ccc1F. The van der Waals surface area contributed by atoms with Crippen molar-refractivity contribution in [3.63, 3.8) is 0 Å². The molecule has 7 heteroatoms. The van der Waals surface area contributed by atoms with Crippen LogP contribution in [0.1, 0.15) is 18.5 Å². The Balaban J connectivity index is 2.62. The Hall–Kier alpha value is -1.18. The van der Waals surface area contributed by atoms with E-state index in [2.05, 4.69) is 5.32 Å². The van der Waals surface area contributed by atoms with Crippen molar-refractivity contribution in [2.75, 3.05) is 33.5 Å². The Morgan fingerprint density at radius 2 is 2.05 bits per heavy atom. The molecule has 114 valence electrons. The van der Waals surface area contributed by atoms with Crippen molar-refractivity contribution in [2.45, 2.75) is 13.0 Å². The molecule has 1 aromatic rings. The Labute approximate surface area is 119 Å². The van der Waals surface area contributed by atoms with Crippen LogP contribution in [-0.2, 0) is 10.0 Å². The predicted octanol–water partition coefficient (Wildman–Crippen LogP) is 1.38.